The van der Waals surface area contributed by atoms with E-state index in [1.807, 2.05) is 223 Å². The minimum Gasteiger partial charge on any atom is -0.358 e. The predicted molar refractivity (Wildman–Crippen MR) is 371 cm³/mol. The maximum Gasteiger partial charge on any atom is 0.150 e. The molecule has 0 aliphatic carbocycles. The first-order valence-electron chi connectivity index (χ1n) is 27.0. The second-order valence-corrected chi connectivity index (χ2v) is 12.7. The molecule has 0 aromatic heterocycles. The SMILES string of the molecule is C=C(C)CC.C=C1CC(=Cc2ccccc2)C(=C)N1c1ccccc1.C=C1CCC(=C)N1c1ccccc1.CC.CC.CC.CC.CC.CC.CC.CC.CC.Cc1ccccc1.O=Cc1ccccc1.[CH3-].[CH3-].[CH3-].[CH3-].[CH3-].[CH3-].[Y].[Y].[Y].[Y].[Y].[Y].[Y].[Y].[Y].[Y].[Y].[Y]. The number of nitrogens with zero attached hydrogens (tertiary/aromatic N) is 2. The second-order valence-electron chi connectivity index (χ2n) is 12.7. The summed E-state index contributed by atoms with van der Waals surface area (Å²) < 4.78 is 0. The Morgan fingerprint density at radius 1 is 0.382 bits per heavy atom. The summed E-state index contributed by atoms with van der Waals surface area (Å²) in [5.41, 5.74) is 12.4. The van der Waals surface area contributed by atoms with Crippen LogP contribution < -0.4 is 9.80 Å². The van der Waals surface area contributed by atoms with Crippen molar-refractivity contribution >= 4 is 23.7 Å². The van der Waals surface area contributed by atoms with Gasteiger partial charge >= 0.3 is 0 Å². The summed E-state index contributed by atoms with van der Waals surface area (Å²) in [7, 11) is 0. The molecule has 5 aromatic rings. The van der Waals surface area contributed by atoms with Crippen LogP contribution in [-0.2, 0) is 393 Å². The van der Waals surface area contributed by atoms with Crippen molar-refractivity contribution in [3.8, 4) is 0 Å². The molecule has 0 unspecified atom stereocenters. The number of rotatable bonds is 5. The van der Waals surface area contributed by atoms with Crippen LogP contribution in [0, 0.1) is 51.5 Å². The van der Waals surface area contributed by atoms with Gasteiger partial charge in [-0.1, -0.05) is 296 Å². The molecule has 480 valence electrons. The maximum atomic E-state index is 10.0. The zero-order chi connectivity index (χ0) is 56.4. The molecule has 2 aliphatic rings. The molecular formula is C74H126N2OY12-6. The van der Waals surface area contributed by atoms with Crippen LogP contribution in [0.2, 0.25) is 0 Å². The smallest absolute Gasteiger partial charge is 0.150 e. The van der Waals surface area contributed by atoms with Crippen LogP contribution in [0.25, 0.3) is 6.08 Å². The van der Waals surface area contributed by atoms with E-state index < -0.39 is 0 Å². The standard InChI is InChI=1S/C19H17N.C12H13N.C7H6O.C7H8.C5H10.9C2H6.6CH3.12Y/c1-15-13-18(14-17-9-5-3-6-10-17)16(2)20(15)19-11-7-4-8-12-19;1-10-8-9-11(2)13(10)12-6-4-3-5-7-12;8-6-7-4-2-1-3-5-7;1-7-5-3-2-4-6-7;1-4-5(2)3;9*1-2;;;;;;;;;;;;;;;;;;/h3-12,14H,1-2,13H2;3-7H,1-2,8-9H2;1-6H;2-6H,1H3;2,4H2,1,3H3;9*1-2H3;6*1H3;;;;;;;;;;;;/q;;;;;;;;;;;;;;6*-1;;;;;;;;;;;;. The van der Waals surface area contributed by atoms with Gasteiger partial charge in [-0.2, -0.15) is 0 Å². The average Bonchev–Trinajstić information content (AvgIpc) is 3.96. The van der Waals surface area contributed by atoms with Gasteiger partial charge in [0.25, 0.3) is 0 Å². The number of para-hydroxylation sites is 2. The van der Waals surface area contributed by atoms with Crippen molar-refractivity contribution in [2.75, 3.05) is 9.80 Å². The quantitative estimate of drug-likeness (QED) is 0.0995. The molecule has 5 aromatic carbocycles. The molecule has 7 rings (SSSR count). The molecule has 0 spiro atoms. The predicted octanol–water partition coefficient (Wildman–Crippen LogP) is 25.7. The van der Waals surface area contributed by atoms with Gasteiger partial charge in [-0.05, 0) is 74.6 Å². The van der Waals surface area contributed by atoms with E-state index in [0.717, 1.165) is 66.0 Å². The fraction of sp³-hybridized carbons (Fsp3) is 0.338. The number of anilines is 2. The monoisotopic (exact) mass is 2130 g/mol. The summed E-state index contributed by atoms with van der Waals surface area (Å²) in [4.78, 5) is 14.3. The van der Waals surface area contributed by atoms with Crippen LogP contribution >= 0.6 is 0 Å². The molecule has 3 nitrogen and oxygen atoms in total. The molecule has 2 saturated heterocycles. The summed E-state index contributed by atoms with van der Waals surface area (Å²) in [5.74, 6) is 0. The van der Waals surface area contributed by atoms with E-state index in [1.54, 1.807) is 12.1 Å². The van der Waals surface area contributed by atoms with E-state index >= 15 is 0 Å². The Kier molecular flexibility index (Phi) is 274. The van der Waals surface area contributed by atoms with Crippen molar-refractivity contribution in [2.45, 2.75) is 171 Å². The Hall–Kier alpha value is 7.06. The fourth-order valence-electron chi connectivity index (χ4n) is 5.28. The first kappa shape index (κ1) is 172. The van der Waals surface area contributed by atoms with E-state index in [-0.39, 0.29) is 437 Å². The third-order valence-electron chi connectivity index (χ3n) is 8.33. The third kappa shape index (κ3) is 97.1. The zero-order valence-corrected chi connectivity index (χ0v) is 96.7. The maximum absolute atomic E-state index is 10.0. The first-order chi connectivity index (χ1) is 34.6. The van der Waals surface area contributed by atoms with Crippen molar-refractivity contribution in [3.63, 3.8) is 0 Å². The largest absolute Gasteiger partial charge is 0.358 e. The van der Waals surface area contributed by atoms with Gasteiger partial charge in [0, 0.05) is 439 Å². The normalized spacial score (nSPS) is 8.75. The molecular weight excluding hydrogens is 2000 g/mol. The molecule has 0 atom stereocenters. The number of hydrogen-bond acceptors (Lipinski definition) is 3. The van der Waals surface area contributed by atoms with E-state index in [0.29, 0.717) is 0 Å². The van der Waals surface area contributed by atoms with Crippen LogP contribution in [0.3, 0.4) is 0 Å². The molecule has 15 heteroatoms. The van der Waals surface area contributed by atoms with Gasteiger partial charge in [0.2, 0.25) is 0 Å². The number of carbonyl (C=O) groups is 1. The Balaban J connectivity index is -0.0000000233. The molecule has 0 saturated carbocycles. The molecule has 89 heavy (non-hydrogen) atoms. The topological polar surface area (TPSA) is 23.6 Å². The van der Waals surface area contributed by atoms with Gasteiger partial charge in [0.1, 0.15) is 6.29 Å². The van der Waals surface area contributed by atoms with Crippen LogP contribution in [-0.4, -0.2) is 6.29 Å². The summed E-state index contributed by atoms with van der Waals surface area (Å²) in [6.07, 6.45) is 7.06. The number of hydrogen-bond donors (Lipinski definition) is 0. The first-order valence-corrected chi connectivity index (χ1v) is 27.0. The Bertz CT molecular complexity index is 1960. The van der Waals surface area contributed by atoms with E-state index in [1.165, 1.54) is 28.0 Å². The van der Waals surface area contributed by atoms with Crippen molar-refractivity contribution < 1.29 is 397 Å². The van der Waals surface area contributed by atoms with Crippen LogP contribution in [0.4, 0.5) is 11.4 Å². The van der Waals surface area contributed by atoms with Gasteiger partial charge < -0.3 is 54.4 Å². The van der Waals surface area contributed by atoms with Crippen molar-refractivity contribution in [2.24, 2.45) is 0 Å². The van der Waals surface area contributed by atoms with Crippen molar-refractivity contribution in [1.29, 1.82) is 0 Å². The summed E-state index contributed by atoms with van der Waals surface area (Å²) in [6.45, 7) is 62.4. The number of benzene rings is 5. The molecule has 2 aliphatic heterocycles. The van der Waals surface area contributed by atoms with Gasteiger partial charge in [-0.15, -0.1) is 6.58 Å². The Labute approximate surface area is 863 Å². The fourth-order valence-corrected chi connectivity index (χ4v) is 5.28. The van der Waals surface area contributed by atoms with E-state index in [9.17, 15) is 4.79 Å². The number of aryl methyl sites for hydroxylation is 1. The molecule has 12 radical (unpaired) electrons. The van der Waals surface area contributed by atoms with Crippen molar-refractivity contribution in [1.82, 2.24) is 0 Å². The Morgan fingerprint density at radius 3 is 0.820 bits per heavy atom. The van der Waals surface area contributed by atoms with Gasteiger partial charge in [0.15, 0.2) is 0 Å². The van der Waals surface area contributed by atoms with Crippen LogP contribution in [0.15, 0.2) is 218 Å². The van der Waals surface area contributed by atoms with E-state index in [4.69, 9.17) is 0 Å². The summed E-state index contributed by atoms with van der Waals surface area (Å²) in [5, 5.41) is 0. The van der Waals surface area contributed by atoms with Crippen molar-refractivity contribution in [3.05, 3.63) is 280 Å². The third-order valence-corrected chi connectivity index (χ3v) is 8.33. The second kappa shape index (κ2) is 142. The van der Waals surface area contributed by atoms with Crippen LogP contribution in [0.1, 0.15) is 186 Å². The number of aldehydes is 1. The molecule has 0 N–H and O–H groups in total. The molecule has 2 fully saturated rings. The van der Waals surface area contributed by atoms with Gasteiger partial charge in [-0.3, -0.25) is 4.79 Å². The minimum absolute atomic E-state index is 0. The summed E-state index contributed by atoms with van der Waals surface area (Å²) >= 11 is 0. The zero-order valence-electron chi connectivity index (χ0n) is 62.7. The minimum atomic E-state index is 0. The number of carbonyl (C=O) groups excluding carboxylic acids is 1. The molecule has 0 amide bonds. The average molecular weight is 2130 g/mol. The van der Waals surface area contributed by atoms with Crippen LogP contribution in [0.5, 0.6) is 0 Å². The summed E-state index contributed by atoms with van der Waals surface area (Å²) in [6, 6.07) is 50.2. The van der Waals surface area contributed by atoms with E-state index in [2.05, 4.69) is 111 Å². The Morgan fingerprint density at radius 2 is 0.607 bits per heavy atom. The molecule has 0 bridgehead atoms. The molecule has 2 heterocycles. The number of allylic oxidation sites excluding steroid dienone is 5. The van der Waals surface area contributed by atoms with Gasteiger partial charge in [-0.25, -0.2) is 0 Å². The van der Waals surface area contributed by atoms with Gasteiger partial charge in [0.05, 0.1) is 0 Å².